The molecule has 0 saturated carbocycles. The maximum atomic E-state index is 12.8. The third-order valence-corrected chi connectivity index (χ3v) is 2.23. The van der Waals surface area contributed by atoms with Gasteiger partial charge in [0.1, 0.15) is 0 Å². The molecule has 0 fully saturated rings. The lowest BCUT2D eigenvalue weighted by atomic mass is 10.1. The van der Waals surface area contributed by atoms with Gasteiger partial charge in [-0.3, -0.25) is 0 Å². The Kier molecular flexibility index (Phi) is 4.38. The molecule has 0 saturated heterocycles. The van der Waals surface area contributed by atoms with E-state index in [4.69, 9.17) is 5.11 Å². The highest BCUT2D eigenvalue weighted by atomic mass is 19.2. The Hall–Kier alpha value is -2.22. The van der Waals surface area contributed by atoms with E-state index in [0.29, 0.717) is 0 Å². The molecule has 4 N–H and O–H groups in total. The van der Waals surface area contributed by atoms with Crippen molar-refractivity contribution >= 4 is 17.7 Å². The van der Waals surface area contributed by atoms with Gasteiger partial charge in [0.05, 0.1) is 6.54 Å². The number of amides is 2. The lowest BCUT2D eigenvalue weighted by molar-refractivity contribution is -0.155. The molecule has 19 heavy (non-hydrogen) atoms. The highest BCUT2D eigenvalue weighted by Gasteiger charge is 2.30. The van der Waals surface area contributed by atoms with Gasteiger partial charge in [-0.2, -0.15) is 0 Å². The first-order chi connectivity index (χ1) is 8.72. The van der Waals surface area contributed by atoms with Crippen molar-refractivity contribution in [3.05, 3.63) is 29.8 Å². The molecular formula is C11H12F2N2O4. The number of hydrogen-bond acceptors (Lipinski definition) is 3. The van der Waals surface area contributed by atoms with E-state index in [1.54, 1.807) is 0 Å². The molecule has 104 valence electrons. The first-order valence-corrected chi connectivity index (χ1v) is 5.18. The molecule has 0 aliphatic rings. The van der Waals surface area contributed by atoms with Gasteiger partial charge in [0.15, 0.2) is 17.2 Å². The van der Waals surface area contributed by atoms with Crippen LogP contribution in [0.5, 0.6) is 0 Å². The number of aliphatic carboxylic acids is 1. The van der Waals surface area contributed by atoms with E-state index in [1.165, 1.54) is 0 Å². The van der Waals surface area contributed by atoms with E-state index < -0.39 is 35.8 Å². The molecule has 0 heterocycles. The predicted octanol–water partition coefficient (Wildman–Crippen LogP) is 0.922. The van der Waals surface area contributed by atoms with Crippen molar-refractivity contribution in [3.8, 4) is 0 Å². The second kappa shape index (κ2) is 5.61. The highest BCUT2D eigenvalue weighted by Crippen LogP contribution is 2.12. The van der Waals surface area contributed by atoms with E-state index in [0.717, 1.165) is 25.1 Å². The highest BCUT2D eigenvalue weighted by molar-refractivity contribution is 5.89. The third-order valence-electron chi connectivity index (χ3n) is 2.23. The standard InChI is InChI=1S/C11H12F2N2O4/c1-11(19,9(16)17)5-14-10(18)15-6-2-3-7(12)8(13)4-6/h2-4,19H,5H2,1H3,(H,16,17)(H2,14,15,18). The van der Waals surface area contributed by atoms with Gasteiger partial charge in [-0.05, 0) is 19.1 Å². The van der Waals surface area contributed by atoms with Crippen LogP contribution in [0.25, 0.3) is 0 Å². The van der Waals surface area contributed by atoms with Gasteiger partial charge in [-0.1, -0.05) is 0 Å². The first-order valence-electron chi connectivity index (χ1n) is 5.18. The normalized spacial score (nSPS) is 13.5. The fourth-order valence-corrected chi connectivity index (χ4v) is 1.08. The Balaban J connectivity index is 2.56. The van der Waals surface area contributed by atoms with E-state index in [1.807, 2.05) is 0 Å². The molecule has 0 aliphatic carbocycles. The maximum Gasteiger partial charge on any atom is 0.337 e. The lowest BCUT2D eigenvalue weighted by Gasteiger charge is -2.18. The van der Waals surface area contributed by atoms with E-state index in [-0.39, 0.29) is 5.69 Å². The van der Waals surface area contributed by atoms with Crippen molar-refractivity contribution in [2.45, 2.75) is 12.5 Å². The van der Waals surface area contributed by atoms with Gasteiger partial charge in [0.2, 0.25) is 0 Å². The minimum absolute atomic E-state index is 0.00799. The minimum atomic E-state index is -2.12. The molecular weight excluding hydrogens is 262 g/mol. The molecule has 1 aromatic rings. The van der Waals surface area contributed by atoms with Gasteiger partial charge in [-0.15, -0.1) is 0 Å². The summed E-state index contributed by atoms with van der Waals surface area (Å²) in [7, 11) is 0. The van der Waals surface area contributed by atoms with Crippen molar-refractivity contribution in [1.82, 2.24) is 5.32 Å². The van der Waals surface area contributed by atoms with Crippen LogP contribution in [0.15, 0.2) is 18.2 Å². The number of urea groups is 1. The smallest absolute Gasteiger partial charge is 0.337 e. The first kappa shape index (κ1) is 14.8. The molecule has 2 amide bonds. The number of carboxylic acid groups (broad SMARTS) is 1. The van der Waals surface area contributed by atoms with Crippen LogP contribution in [-0.4, -0.2) is 34.4 Å². The molecule has 8 heteroatoms. The second-order valence-electron chi connectivity index (χ2n) is 4.02. The van der Waals surface area contributed by atoms with Crippen molar-refractivity contribution in [1.29, 1.82) is 0 Å². The Morgan fingerprint density at radius 1 is 1.32 bits per heavy atom. The summed E-state index contributed by atoms with van der Waals surface area (Å²) in [4.78, 5) is 21.9. The summed E-state index contributed by atoms with van der Waals surface area (Å²) in [6, 6.07) is 1.88. The number of aliphatic hydroxyl groups is 1. The summed E-state index contributed by atoms with van der Waals surface area (Å²) < 4.78 is 25.5. The topological polar surface area (TPSA) is 98.7 Å². The zero-order chi connectivity index (χ0) is 14.6. The summed E-state index contributed by atoms with van der Waals surface area (Å²) in [5.74, 6) is -3.68. The van der Waals surface area contributed by atoms with Crippen molar-refractivity contribution in [2.75, 3.05) is 11.9 Å². The van der Waals surface area contributed by atoms with Crippen LogP contribution >= 0.6 is 0 Å². The van der Waals surface area contributed by atoms with Crippen LogP contribution < -0.4 is 10.6 Å². The third kappa shape index (κ3) is 4.18. The van der Waals surface area contributed by atoms with Gasteiger partial charge >= 0.3 is 12.0 Å². The van der Waals surface area contributed by atoms with Crippen molar-refractivity contribution in [2.24, 2.45) is 0 Å². The molecule has 0 aliphatic heterocycles. The summed E-state index contributed by atoms with van der Waals surface area (Å²) in [6.45, 7) is 0.463. The van der Waals surface area contributed by atoms with Gasteiger partial charge in [0.25, 0.3) is 0 Å². The molecule has 0 spiro atoms. The molecule has 0 radical (unpaired) electrons. The second-order valence-corrected chi connectivity index (χ2v) is 4.02. The molecule has 6 nitrogen and oxygen atoms in total. The molecule has 1 aromatic carbocycles. The predicted molar refractivity (Wildman–Crippen MR) is 61.6 cm³/mol. The van der Waals surface area contributed by atoms with E-state index >= 15 is 0 Å². The number of benzene rings is 1. The van der Waals surface area contributed by atoms with Gasteiger partial charge in [0, 0.05) is 11.8 Å². The monoisotopic (exact) mass is 274 g/mol. The van der Waals surface area contributed by atoms with E-state index in [2.05, 4.69) is 10.6 Å². The zero-order valence-corrected chi connectivity index (χ0v) is 9.91. The minimum Gasteiger partial charge on any atom is -0.479 e. The number of carbonyl (C=O) groups excluding carboxylic acids is 1. The average molecular weight is 274 g/mol. The Bertz CT molecular complexity index is 505. The molecule has 1 unspecified atom stereocenters. The van der Waals surface area contributed by atoms with Crippen LogP contribution in [0.2, 0.25) is 0 Å². The maximum absolute atomic E-state index is 12.8. The van der Waals surface area contributed by atoms with E-state index in [9.17, 15) is 23.5 Å². The number of rotatable bonds is 4. The molecule has 1 atom stereocenters. The van der Waals surface area contributed by atoms with Gasteiger partial charge in [-0.25, -0.2) is 18.4 Å². The number of nitrogens with one attached hydrogen (secondary N) is 2. The van der Waals surface area contributed by atoms with Crippen LogP contribution in [0.1, 0.15) is 6.92 Å². The van der Waals surface area contributed by atoms with Crippen molar-refractivity contribution < 1.29 is 28.6 Å². The quantitative estimate of drug-likeness (QED) is 0.656. The number of halogens is 2. The summed E-state index contributed by atoms with van der Waals surface area (Å²) in [5.41, 5.74) is -2.13. The Morgan fingerprint density at radius 3 is 2.47 bits per heavy atom. The summed E-state index contributed by atoms with van der Waals surface area (Å²) in [6.07, 6.45) is 0. The van der Waals surface area contributed by atoms with Crippen LogP contribution in [0.4, 0.5) is 19.3 Å². The van der Waals surface area contributed by atoms with Crippen LogP contribution in [0, 0.1) is 11.6 Å². The number of carboxylic acids is 1. The average Bonchev–Trinajstić information content (AvgIpc) is 2.31. The SMILES string of the molecule is CC(O)(CNC(=O)Nc1ccc(F)c(F)c1)C(=O)O. The van der Waals surface area contributed by atoms with Crippen LogP contribution in [-0.2, 0) is 4.79 Å². The fourth-order valence-electron chi connectivity index (χ4n) is 1.08. The molecule has 0 bridgehead atoms. The summed E-state index contributed by atoms with van der Waals surface area (Å²) >= 11 is 0. The largest absolute Gasteiger partial charge is 0.479 e. The number of hydrogen-bond donors (Lipinski definition) is 4. The number of anilines is 1. The Labute approximate surface area is 107 Å². The molecule has 0 aromatic heterocycles. The molecule has 1 rings (SSSR count). The lowest BCUT2D eigenvalue weighted by Crippen LogP contribution is -2.47. The van der Waals surface area contributed by atoms with Crippen LogP contribution in [0.3, 0.4) is 0 Å². The van der Waals surface area contributed by atoms with Crippen molar-refractivity contribution in [3.63, 3.8) is 0 Å². The van der Waals surface area contributed by atoms with Gasteiger partial charge < -0.3 is 20.8 Å². The number of carbonyl (C=O) groups is 2. The summed E-state index contributed by atoms with van der Waals surface area (Å²) in [5, 5.41) is 22.2. The fraction of sp³-hybridized carbons (Fsp3) is 0.273. The zero-order valence-electron chi connectivity index (χ0n) is 9.91. The Morgan fingerprint density at radius 2 is 1.95 bits per heavy atom.